The van der Waals surface area contributed by atoms with Gasteiger partial charge in [0, 0.05) is 18.5 Å². The van der Waals surface area contributed by atoms with Gasteiger partial charge in [-0.1, -0.05) is 62.4 Å². The fourth-order valence-electron chi connectivity index (χ4n) is 7.53. The molecule has 2 aliphatic rings. The van der Waals surface area contributed by atoms with Crippen molar-refractivity contribution in [1.82, 2.24) is 35.1 Å². The van der Waals surface area contributed by atoms with E-state index in [0.29, 0.717) is 18.8 Å². The predicted octanol–water partition coefficient (Wildman–Crippen LogP) is 7.37. The molecule has 0 spiro atoms. The highest BCUT2D eigenvalue weighted by Crippen LogP contribution is 2.36. The molecule has 13 nitrogen and oxygen atoms in total. The number of aliphatic hydroxyl groups is 1. The third-order valence-corrected chi connectivity index (χ3v) is 10.3. The normalized spacial score (nSPS) is 19.2. The number of likely N-dealkylation sites (tertiary alicyclic amines) is 2. The molecule has 13 heteroatoms. The highest BCUT2D eigenvalue weighted by atomic mass is 16.6. The molecule has 4 heterocycles. The molecular weight excluding hydrogens is 699 g/mol. The summed E-state index contributed by atoms with van der Waals surface area (Å²) in [6.07, 6.45) is 3.86. The van der Waals surface area contributed by atoms with Crippen LogP contribution in [0.5, 0.6) is 0 Å². The van der Waals surface area contributed by atoms with Crippen LogP contribution in [0.4, 0.5) is 9.59 Å². The minimum atomic E-state index is -0.685. The Balaban J connectivity index is 1.03. The number of amides is 3. The predicted molar refractivity (Wildman–Crippen MR) is 209 cm³/mol. The van der Waals surface area contributed by atoms with Crippen molar-refractivity contribution in [1.29, 1.82) is 0 Å². The Labute approximate surface area is 320 Å². The number of nitrogens with one attached hydrogen (secondary N) is 3. The van der Waals surface area contributed by atoms with E-state index in [4.69, 9.17) is 9.47 Å². The van der Waals surface area contributed by atoms with Crippen molar-refractivity contribution in [3.05, 3.63) is 84.7 Å². The van der Waals surface area contributed by atoms with Crippen LogP contribution in [0.15, 0.2) is 73.1 Å². The molecule has 55 heavy (non-hydrogen) atoms. The van der Waals surface area contributed by atoms with Crippen molar-refractivity contribution in [2.45, 2.75) is 83.7 Å². The third-order valence-electron chi connectivity index (χ3n) is 10.3. The molecule has 2 saturated heterocycles. The second kappa shape index (κ2) is 15.2. The first-order chi connectivity index (χ1) is 26.3. The van der Waals surface area contributed by atoms with Crippen LogP contribution in [-0.4, -0.2) is 90.9 Å². The minimum absolute atomic E-state index is 0.102. The van der Waals surface area contributed by atoms with Crippen molar-refractivity contribution in [2.75, 3.05) is 20.2 Å². The van der Waals surface area contributed by atoms with Crippen LogP contribution >= 0.6 is 0 Å². The monoisotopic (exact) mass is 747 g/mol. The number of hydrogen-bond acceptors (Lipinski definition) is 8. The number of hydrogen-bond donors (Lipinski definition) is 4. The van der Waals surface area contributed by atoms with E-state index in [9.17, 15) is 19.5 Å². The fourth-order valence-corrected chi connectivity index (χ4v) is 7.53. The molecule has 4 atom stereocenters. The third kappa shape index (κ3) is 8.07. The molecule has 3 aromatic carbocycles. The largest absolute Gasteiger partial charge is 0.453 e. The zero-order valence-electron chi connectivity index (χ0n) is 32.1. The van der Waals surface area contributed by atoms with E-state index in [1.807, 2.05) is 45.7 Å². The van der Waals surface area contributed by atoms with Gasteiger partial charge in [0.1, 0.15) is 23.3 Å². The lowest BCUT2D eigenvalue weighted by Gasteiger charge is -2.30. The Morgan fingerprint density at radius 2 is 1.42 bits per heavy atom. The molecule has 288 valence electrons. The summed E-state index contributed by atoms with van der Waals surface area (Å²) in [6.45, 7) is 10.1. The summed E-state index contributed by atoms with van der Waals surface area (Å²) < 4.78 is 10.3. The van der Waals surface area contributed by atoms with Gasteiger partial charge in [0.15, 0.2) is 0 Å². The summed E-state index contributed by atoms with van der Waals surface area (Å²) in [5, 5.41) is 15.3. The number of methoxy groups -OCH3 is 1. The van der Waals surface area contributed by atoms with E-state index < -0.39 is 36.0 Å². The number of imidazole rings is 2. The lowest BCUT2D eigenvalue weighted by Crippen LogP contribution is -2.51. The standard InChI is InChI=1S/C42H49N7O6/c1-24(2)36(47-40(52)54-6)39(51)48-17-7-8-34(48)37-43-21-32(45-37)26-11-9-25(10-12-26)27-13-14-29-19-30(16-15-28(29)18-27)33-22-44-38(46-33)35-20-31(50)23-49(35)41(53)55-42(3,4)5/h9-16,18-19,21-22,24,31,34-36,50H,7-8,17,20,23H2,1-6H3,(H,43,45)(H,44,46)(H,47,52)/t31?,34-,35?,36-/m0/s1. The summed E-state index contributed by atoms with van der Waals surface area (Å²) in [7, 11) is 1.29. The Kier molecular flexibility index (Phi) is 10.4. The highest BCUT2D eigenvalue weighted by Gasteiger charge is 2.40. The minimum Gasteiger partial charge on any atom is -0.453 e. The zero-order valence-corrected chi connectivity index (χ0v) is 32.1. The molecule has 2 fully saturated rings. The number of benzene rings is 3. The van der Waals surface area contributed by atoms with Gasteiger partial charge in [0.05, 0.1) is 55.6 Å². The van der Waals surface area contributed by atoms with Gasteiger partial charge < -0.3 is 34.8 Å². The van der Waals surface area contributed by atoms with Crippen molar-refractivity contribution in [3.8, 4) is 33.6 Å². The molecule has 7 rings (SSSR count). The smallest absolute Gasteiger partial charge is 0.411 e. The van der Waals surface area contributed by atoms with Crippen molar-refractivity contribution in [2.24, 2.45) is 5.92 Å². The number of aromatic amines is 2. The first-order valence-electron chi connectivity index (χ1n) is 18.9. The van der Waals surface area contributed by atoms with Crippen LogP contribution in [0.1, 0.15) is 77.6 Å². The highest BCUT2D eigenvalue weighted by molar-refractivity contribution is 5.91. The Bertz CT molecular complexity index is 2190. The fraction of sp³-hybridized carbons (Fsp3) is 0.405. The number of alkyl carbamates (subject to hydrolysis) is 1. The quantitative estimate of drug-likeness (QED) is 0.128. The second-order valence-corrected chi connectivity index (χ2v) is 15.8. The molecule has 0 saturated carbocycles. The van der Waals surface area contributed by atoms with E-state index in [1.54, 1.807) is 11.1 Å². The molecule has 0 radical (unpaired) electrons. The molecule has 2 aromatic heterocycles. The maximum atomic E-state index is 13.5. The van der Waals surface area contributed by atoms with Gasteiger partial charge in [-0.25, -0.2) is 19.6 Å². The van der Waals surface area contributed by atoms with Gasteiger partial charge in [0.25, 0.3) is 0 Å². The average molecular weight is 748 g/mol. The number of aliphatic hydroxyl groups excluding tert-OH is 1. The van der Waals surface area contributed by atoms with Crippen molar-refractivity contribution >= 4 is 28.9 Å². The Morgan fingerprint density at radius 1 is 0.836 bits per heavy atom. The maximum absolute atomic E-state index is 13.5. The SMILES string of the molecule is COC(=O)N[C@H](C(=O)N1CCC[C@H]1c1ncc(-c2ccc(-c3ccc4cc(-c5cnc(C6CC(O)CN6C(=O)OC(C)(C)C)[nH]5)ccc4c3)cc2)[nH]1)C(C)C. The number of fused-ring (bicyclic) bond motifs is 1. The van der Waals surface area contributed by atoms with Crippen LogP contribution in [0.25, 0.3) is 44.4 Å². The average Bonchev–Trinajstić information content (AvgIpc) is 3.99. The van der Waals surface area contributed by atoms with E-state index >= 15 is 0 Å². The number of nitrogens with zero attached hydrogens (tertiary/aromatic N) is 4. The van der Waals surface area contributed by atoms with E-state index in [0.717, 1.165) is 63.1 Å². The number of carbonyl (C=O) groups is 3. The van der Waals surface area contributed by atoms with Gasteiger partial charge in [-0.05, 0) is 79.1 Å². The second-order valence-electron chi connectivity index (χ2n) is 15.8. The Hall–Kier alpha value is -5.69. The summed E-state index contributed by atoms with van der Waals surface area (Å²) in [4.78, 5) is 57.8. The number of aromatic nitrogens is 4. The van der Waals surface area contributed by atoms with Gasteiger partial charge in [0.2, 0.25) is 5.91 Å². The number of carbonyl (C=O) groups excluding carboxylic acids is 3. The number of ether oxygens (including phenoxy) is 2. The van der Waals surface area contributed by atoms with Crippen molar-refractivity contribution in [3.63, 3.8) is 0 Å². The summed E-state index contributed by atoms with van der Waals surface area (Å²) in [5.41, 5.74) is 5.16. The van der Waals surface area contributed by atoms with E-state index in [2.05, 4.69) is 85.9 Å². The topological polar surface area (TPSA) is 166 Å². The summed E-state index contributed by atoms with van der Waals surface area (Å²) in [5.74, 6) is 1.10. The van der Waals surface area contributed by atoms with Crippen LogP contribution < -0.4 is 5.32 Å². The zero-order chi connectivity index (χ0) is 39.0. The van der Waals surface area contributed by atoms with Crippen LogP contribution in [0.2, 0.25) is 0 Å². The maximum Gasteiger partial charge on any atom is 0.411 e. The summed E-state index contributed by atoms with van der Waals surface area (Å²) >= 11 is 0. The molecule has 5 aromatic rings. The van der Waals surface area contributed by atoms with Crippen LogP contribution in [0.3, 0.4) is 0 Å². The van der Waals surface area contributed by atoms with Gasteiger partial charge in [-0.3, -0.25) is 9.69 Å². The lowest BCUT2D eigenvalue weighted by atomic mass is 9.98. The molecule has 2 unspecified atom stereocenters. The molecule has 0 bridgehead atoms. The van der Waals surface area contributed by atoms with Crippen LogP contribution in [0, 0.1) is 5.92 Å². The number of H-pyrrole nitrogens is 2. The van der Waals surface area contributed by atoms with Crippen LogP contribution in [-0.2, 0) is 14.3 Å². The van der Waals surface area contributed by atoms with Gasteiger partial charge in [-0.2, -0.15) is 0 Å². The van der Waals surface area contributed by atoms with Gasteiger partial charge >= 0.3 is 12.2 Å². The van der Waals surface area contributed by atoms with Crippen molar-refractivity contribution < 1.29 is 29.0 Å². The van der Waals surface area contributed by atoms with E-state index in [-0.39, 0.29) is 24.4 Å². The Morgan fingerprint density at radius 3 is 2.05 bits per heavy atom. The lowest BCUT2D eigenvalue weighted by molar-refractivity contribution is -0.135. The molecule has 3 amide bonds. The first kappa shape index (κ1) is 37.6. The molecule has 0 aliphatic carbocycles. The number of rotatable bonds is 8. The summed E-state index contributed by atoms with van der Waals surface area (Å²) in [6, 6.07) is 19.7. The van der Waals surface area contributed by atoms with Gasteiger partial charge in [-0.15, -0.1) is 0 Å². The number of β-amino-alcohol motifs (C(OH)–C–C–N with tert-alkyl or cyclic N) is 1. The van der Waals surface area contributed by atoms with E-state index in [1.165, 1.54) is 7.11 Å². The first-order valence-corrected chi connectivity index (χ1v) is 18.9. The molecule has 4 N–H and O–H groups in total. The molecular formula is C42H49N7O6. The molecule has 2 aliphatic heterocycles.